The highest BCUT2D eigenvalue weighted by atomic mass is 16.2. The quantitative estimate of drug-likeness (QED) is 0.826. The largest absolute Gasteiger partial charge is 0.383 e. The Morgan fingerprint density at radius 3 is 2.90 bits per heavy atom. The molecular weight excluding hydrogens is 266 g/mol. The highest BCUT2D eigenvalue weighted by Gasteiger charge is 2.27. The zero-order valence-corrected chi connectivity index (χ0v) is 12.8. The first-order chi connectivity index (χ1) is 10.0. The molecule has 2 aliphatic rings. The molecule has 114 valence electrons. The summed E-state index contributed by atoms with van der Waals surface area (Å²) in [6.07, 6.45) is 2.95. The van der Waals surface area contributed by atoms with Crippen molar-refractivity contribution in [3.63, 3.8) is 0 Å². The molecule has 1 amide bonds. The predicted molar refractivity (Wildman–Crippen MR) is 80.7 cm³/mol. The molecule has 0 spiro atoms. The molecule has 0 aliphatic carbocycles. The molecule has 0 aromatic carbocycles. The minimum Gasteiger partial charge on any atom is -0.383 e. The number of rotatable bonds is 1. The lowest BCUT2D eigenvalue weighted by Crippen LogP contribution is -2.38. The van der Waals surface area contributed by atoms with Crippen LogP contribution in [0.15, 0.2) is 0 Å². The lowest BCUT2D eigenvalue weighted by molar-refractivity contribution is -0.130. The summed E-state index contributed by atoms with van der Waals surface area (Å²) in [5.41, 5.74) is 8.31. The van der Waals surface area contributed by atoms with E-state index in [1.165, 1.54) is 0 Å². The van der Waals surface area contributed by atoms with Gasteiger partial charge < -0.3 is 15.5 Å². The van der Waals surface area contributed by atoms with Crippen LogP contribution in [0.2, 0.25) is 0 Å². The molecule has 1 atom stereocenters. The Morgan fingerprint density at radius 1 is 1.33 bits per heavy atom. The van der Waals surface area contributed by atoms with Crippen molar-refractivity contribution in [1.29, 1.82) is 0 Å². The van der Waals surface area contributed by atoms with Crippen molar-refractivity contribution in [1.82, 2.24) is 19.8 Å². The standard InChI is InChI=1S/C15H23N5O/c1-10(21)20-6-3-4-11(8-20)15-17-13-9-19(2)7-5-12(13)14(16)18-15/h11H,3-9H2,1-2H3,(H2,16,17,18). The lowest BCUT2D eigenvalue weighted by atomic mass is 9.96. The number of piperidine rings is 1. The van der Waals surface area contributed by atoms with Gasteiger partial charge in [-0.2, -0.15) is 0 Å². The van der Waals surface area contributed by atoms with Crippen LogP contribution in [0, 0.1) is 0 Å². The van der Waals surface area contributed by atoms with Crippen molar-refractivity contribution in [2.75, 3.05) is 32.4 Å². The van der Waals surface area contributed by atoms with Gasteiger partial charge in [-0.25, -0.2) is 9.97 Å². The molecule has 1 unspecified atom stereocenters. The van der Waals surface area contributed by atoms with Gasteiger partial charge >= 0.3 is 0 Å². The van der Waals surface area contributed by atoms with Crippen LogP contribution >= 0.6 is 0 Å². The molecule has 1 saturated heterocycles. The number of aromatic nitrogens is 2. The van der Waals surface area contributed by atoms with E-state index in [0.717, 1.165) is 56.0 Å². The van der Waals surface area contributed by atoms with Gasteiger partial charge in [0.15, 0.2) is 0 Å². The summed E-state index contributed by atoms with van der Waals surface area (Å²) in [5.74, 6) is 1.78. The number of fused-ring (bicyclic) bond motifs is 1. The van der Waals surface area contributed by atoms with E-state index < -0.39 is 0 Å². The van der Waals surface area contributed by atoms with Gasteiger partial charge in [0.25, 0.3) is 0 Å². The molecule has 2 N–H and O–H groups in total. The van der Waals surface area contributed by atoms with Gasteiger partial charge in [0.2, 0.25) is 5.91 Å². The van der Waals surface area contributed by atoms with Crippen LogP contribution in [-0.2, 0) is 17.8 Å². The number of carbonyl (C=O) groups excluding carboxylic acids is 1. The Hall–Kier alpha value is -1.69. The minimum absolute atomic E-state index is 0.130. The third-order valence-corrected chi connectivity index (χ3v) is 4.54. The molecule has 0 saturated carbocycles. The topological polar surface area (TPSA) is 75.3 Å². The van der Waals surface area contributed by atoms with Crippen LogP contribution in [0.25, 0.3) is 0 Å². The molecule has 1 aromatic heterocycles. The Kier molecular flexibility index (Phi) is 3.80. The first-order valence-corrected chi connectivity index (χ1v) is 7.64. The van der Waals surface area contributed by atoms with E-state index in [1.807, 2.05) is 4.90 Å². The highest BCUT2D eigenvalue weighted by Crippen LogP contribution is 2.28. The first kappa shape index (κ1) is 14.3. The Morgan fingerprint density at radius 2 is 2.14 bits per heavy atom. The van der Waals surface area contributed by atoms with Crippen LogP contribution in [-0.4, -0.2) is 52.4 Å². The van der Waals surface area contributed by atoms with Gasteiger partial charge in [-0.05, 0) is 26.3 Å². The summed E-state index contributed by atoms with van der Waals surface area (Å²) < 4.78 is 0. The fourth-order valence-corrected chi connectivity index (χ4v) is 3.27. The minimum atomic E-state index is 0.130. The molecule has 1 fully saturated rings. The molecule has 3 heterocycles. The fourth-order valence-electron chi connectivity index (χ4n) is 3.27. The number of nitrogens with zero attached hydrogens (tertiary/aromatic N) is 4. The van der Waals surface area contributed by atoms with E-state index in [1.54, 1.807) is 6.92 Å². The second-order valence-electron chi connectivity index (χ2n) is 6.18. The summed E-state index contributed by atoms with van der Waals surface area (Å²) >= 11 is 0. The molecule has 0 bridgehead atoms. The van der Waals surface area contributed by atoms with Gasteiger partial charge in [-0.3, -0.25) is 4.79 Å². The van der Waals surface area contributed by atoms with Gasteiger partial charge in [0, 0.05) is 44.6 Å². The molecule has 3 rings (SSSR count). The summed E-state index contributed by atoms with van der Waals surface area (Å²) in [6, 6.07) is 0. The lowest BCUT2D eigenvalue weighted by Gasteiger charge is -2.32. The maximum Gasteiger partial charge on any atom is 0.219 e. The first-order valence-electron chi connectivity index (χ1n) is 7.64. The summed E-state index contributed by atoms with van der Waals surface area (Å²) in [4.78, 5) is 25.0. The number of hydrogen-bond acceptors (Lipinski definition) is 5. The monoisotopic (exact) mass is 289 g/mol. The van der Waals surface area contributed by atoms with Crippen LogP contribution < -0.4 is 5.73 Å². The van der Waals surface area contributed by atoms with Crippen molar-refractivity contribution in [3.8, 4) is 0 Å². The van der Waals surface area contributed by atoms with E-state index >= 15 is 0 Å². The molecule has 6 nitrogen and oxygen atoms in total. The number of nitrogens with two attached hydrogens (primary N) is 1. The molecular formula is C15H23N5O. The average molecular weight is 289 g/mol. The average Bonchev–Trinajstić information content (AvgIpc) is 2.46. The third kappa shape index (κ3) is 2.85. The molecule has 1 aromatic rings. The number of likely N-dealkylation sites (tertiary alicyclic amines) is 1. The summed E-state index contributed by atoms with van der Waals surface area (Å²) in [7, 11) is 2.10. The highest BCUT2D eigenvalue weighted by molar-refractivity contribution is 5.73. The van der Waals surface area contributed by atoms with Crippen molar-refractivity contribution in [3.05, 3.63) is 17.1 Å². The van der Waals surface area contributed by atoms with Crippen molar-refractivity contribution >= 4 is 11.7 Å². The third-order valence-electron chi connectivity index (χ3n) is 4.54. The number of hydrogen-bond donors (Lipinski definition) is 1. The molecule has 21 heavy (non-hydrogen) atoms. The molecule has 2 aliphatic heterocycles. The van der Waals surface area contributed by atoms with E-state index in [9.17, 15) is 4.79 Å². The zero-order valence-electron chi connectivity index (χ0n) is 12.8. The smallest absolute Gasteiger partial charge is 0.219 e. The summed E-state index contributed by atoms with van der Waals surface area (Å²) in [5, 5.41) is 0. The molecule has 0 radical (unpaired) electrons. The van der Waals surface area contributed by atoms with Crippen LogP contribution in [0.5, 0.6) is 0 Å². The Labute approximate surface area is 125 Å². The normalized spacial score (nSPS) is 23.0. The maximum atomic E-state index is 11.6. The van der Waals surface area contributed by atoms with Crippen molar-refractivity contribution in [2.45, 2.75) is 38.6 Å². The number of carbonyl (C=O) groups is 1. The van der Waals surface area contributed by atoms with Crippen molar-refractivity contribution < 1.29 is 4.79 Å². The van der Waals surface area contributed by atoms with E-state index in [2.05, 4.69) is 16.9 Å². The maximum absolute atomic E-state index is 11.6. The molecule has 6 heteroatoms. The van der Waals surface area contributed by atoms with E-state index in [0.29, 0.717) is 12.4 Å². The van der Waals surface area contributed by atoms with Gasteiger partial charge in [-0.1, -0.05) is 0 Å². The van der Waals surface area contributed by atoms with E-state index in [-0.39, 0.29) is 11.8 Å². The second-order valence-corrected chi connectivity index (χ2v) is 6.18. The Balaban J connectivity index is 1.87. The van der Waals surface area contributed by atoms with Crippen molar-refractivity contribution in [2.24, 2.45) is 0 Å². The SMILES string of the molecule is CC(=O)N1CCCC(c2nc(N)c3c(n2)CN(C)CC3)C1. The number of likely N-dealkylation sites (N-methyl/N-ethyl adjacent to an activating group) is 1. The number of amides is 1. The van der Waals surface area contributed by atoms with Crippen LogP contribution in [0.1, 0.15) is 42.8 Å². The van der Waals surface area contributed by atoms with Gasteiger partial charge in [-0.15, -0.1) is 0 Å². The number of nitrogen functional groups attached to an aromatic ring is 1. The zero-order chi connectivity index (χ0) is 15.0. The van der Waals surface area contributed by atoms with Crippen LogP contribution in [0.3, 0.4) is 0 Å². The fraction of sp³-hybridized carbons (Fsp3) is 0.667. The van der Waals surface area contributed by atoms with Crippen LogP contribution in [0.4, 0.5) is 5.82 Å². The van der Waals surface area contributed by atoms with Gasteiger partial charge in [0.1, 0.15) is 11.6 Å². The summed E-state index contributed by atoms with van der Waals surface area (Å²) in [6.45, 7) is 5.01. The number of anilines is 1. The second kappa shape index (κ2) is 5.60. The Bertz CT molecular complexity index is 559. The van der Waals surface area contributed by atoms with E-state index in [4.69, 9.17) is 10.7 Å². The predicted octanol–water partition coefficient (Wildman–Crippen LogP) is 0.773. The van der Waals surface area contributed by atoms with Gasteiger partial charge in [0.05, 0.1) is 5.69 Å².